The van der Waals surface area contributed by atoms with E-state index in [0.717, 1.165) is 28.0 Å². The van der Waals surface area contributed by atoms with Gasteiger partial charge in [0, 0.05) is 10.9 Å². The summed E-state index contributed by atoms with van der Waals surface area (Å²) >= 11 is 0. The lowest BCUT2D eigenvalue weighted by molar-refractivity contribution is -0.153. The topological polar surface area (TPSA) is 61.2 Å². The van der Waals surface area contributed by atoms with E-state index in [1.807, 2.05) is 24.5 Å². The molecule has 0 bridgehead atoms. The van der Waals surface area contributed by atoms with E-state index < -0.39 is 5.41 Å². The summed E-state index contributed by atoms with van der Waals surface area (Å²) in [6, 6.07) is 2.02. The van der Waals surface area contributed by atoms with Gasteiger partial charge in [-0.3, -0.25) is 9.59 Å². The highest BCUT2D eigenvalue weighted by Gasteiger charge is 2.43. The van der Waals surface area contributed by atoms with Crippen molar-refractivity contribution < 1.29 is 9.53 Å². The maximum Gasteiger partial charge on any atom is 0.316 e. The van der Waals surface area contributed by atoms with Crippen LogP contribution in [0.4, 0.5) is 0 Å². The van der Waals surface area contributed by atoms with Crippen LogP contribution in [0.15, 0.2) is 10.9 Å². The molecule has 160 valence electrons. The lowest BCUT2D eigenvalue weighted by Crippen LogP contribution is -2.42. The summed E-state index contributed by atoms with van der Waals surface area (Å²) in [5, 5.41) is 1.20. The number of hydrogen-bond acceptors (Lipinski definition) is 4. The van der Waals surface area contributed by atoms with E-state index >= 15 is 0 Å². The highest BCUT2D eigenvalue weighted by Crippen LogP contribution is 2.42. The molecule has 0 N–H and O–H groups in total. The van der Waals surface area contributed by atoms with E-state index in [-0.39, 0.29) is 18.1 Å². The first-order valence-corrected chi connectivity index (χ1v) is 11.0. The van der Waals surface area contributed by atoms with E-state index in [1.54, 1.807) is 0 Å². The molecule has 5 rings (SSSR count). The van der Waals surface area contributed by atoms with Crippen molar-refractivity contribution in [3.05, 3.63) is 60.9 Å². The van der Waals surface area contributed by atoms with Crippen LogP contribution in [0.25, 0.3) is 22.3 Å². The number of carbonyl (C=O) groups excluding carboxylic acids is 1. The Balaban J connectivity index is 1.88. The Labute approximate surface area is 182 Å². The largest absolute Gasteiger partial charge is 0.460 e. The highest BCUT2D eigenvalue weighted by atomic mass is 16.5. The molecule has 5 heteroatoms. The molecule has 0 spiro atoms. The van der Waals surface area contributed by atoms with Crippen LogP contribution in [0.3, 0.4) is 0 Å². The van der Waals surface area contributed by atoms with Crippen molar-refractivity contribution >= 4 is 16.9 Å². The van der Waals surface area contributed by atoms with E-state index in [1.165, 1.54) is 33.2 Å². The molecule has 1 atom stereocenters. The van der Waals surface area contributed by atoms with Crippen LogP contribution in [0.1, 0.15) is 64.8 Å². The summed E-state index contributed by atoms with van der Waals surface area (Å²) < 4.78 is 7.21. The van der Waals surface area contributed by atoms with Gasteiger partial charge in [-0.15, -0.1) is 0 Å². The van der Waals surface area contributed by atoms with Gasteiger partial charge in [-0.2, -0.15) is 0 Å². The lowest BCUT2D eigenvalue weighted by atomic mass is 9.76. The number of pyridine rings is 2. The van der Waals surface area contributed by atoms with Gasteiger partial charge in [0.2, 0.25) is 0 Å². The number of esters is 1. The number of benzene rings is 1. The average molecular weight is 417 g/mol. The molecule has 1 unspecified atom stereocenters. The third-order valence-electron chi connectivity index (χ3n) is 8.05. The zero-order valence-electron chi connectivity index (χ0n) is 19.3. The Bertz CT molecular complexity index is 1400. The fourth-order valence-electron chi connectivity index (χ4n) is 5.38. The normalized spacial score (nSPS) is 19.3. The maximum atomic E-state index is 13.5. The second-order valence-corrected chi connectivity index (χ2v) is 9.36. The molecule has 31 heavy (non-hydrogen) atoms. The average Bonchev–Trinajstić information content (AvgIpc) is 3.13. The fraction of sp³-hybridized carbons (Fsp3) is 0.423. The first-order chi connectivity index (χ1) is 14.6. The Morgan fingerprint density at radius 3 is 2.35 bits per heavy atom. The van der Waals surface area contributed by atoms with Crippen LogP contribution in [0, 0.1) is 34.6 Å². The molecule has 0 saturated heterocycles. The fourth-order valence-corrected chi connectivity index (χ4v) is 5.38. The smallest absolute Gasteiger partial charge is 0.316 e. The Morgan fingerprint density at radius 1 is 1.00 bits per heavy atom. The van der Waals surface area contributed by atoms with Gasteiger partial charge in [-0.05, 0) is 87.4 Å². The zero-order valence-corrected chi connectivity index (χ0v) is 19.3. The van der Waals surface area contributed by atoms with Gasteiger partial charge in [0.05, 0.1) is 34.4 Å². The molecule has 2 aliphatic heterocycles. The molecule has 0 aliphatic carbocycles. The van der Waals surface area contributed by atoms with Crippen LogP contribution in [0.2, 0.25) is 0 Å². The van der Waals surface area contributed by atoms with E-state index in [2.05, 4.69) is 34.6 Å². The summed E-state index contributed by atoms with van der Waals surface area (Å²) in [6.45, 7) is 15.1. The number of aryl methyl sites for hydroxylation is 3. The predicted molar refractivity (Wildman–Crippen MR) is 122 cm³/mol. The molecule has 5 nitrogen and oxygen atoms in total. The van der Waals surface area contributed by atoms with E-state index in [9.17, 15) is 9.59 Å². The molecule has 2 aromatic heterocycles. The van der Waals surface area contributed by atoms with Gasteiger partial charge in [-0.1, -0.05) is 6.92 Å². The molecular formula is C26H28N2O3. The lowest BCUT2D eigenvalue weighted by Gasteiger charge is -2.33. The van der Waals surface area contributed by atoms with Gasteiger partial charge in [0.15, 0.2) is 0 Å². The molecule has 0 fully saturated rings. The summed E-state index contributed by atoms with van der Waals surface area (Å²) in [4.78, 5) is 31.2. The van der Waals surface area contributed by atoms with Gasteiger partial charge in [0.25, 0.3) is 5.56 Å². The Hall–Kier alpha value is -2.95. The maximum absolute atomic E-state index is 13.5. The molecule has 0 saturated carbocycles. The monoisotopic (exact) mass is 416 g/mol. The summed E-state index contributed by atoms with van der Waals surface area (Å²) in [7, 11) is 0. The van der Waals surface area contributed by atoms with Gasteiger partial charge in [0.1, 0.15) is 6.61 Å². The van der Waals surface area contributed by atoms with Crippen molar-refractivity contribution in [1.82, 2.24) is 9.55 Å². The summed E-state index contributed by atoms with van der Waals surface area (Å²) in [6.07, 6.45) is 0.579. The van der Waals surface area contributed by atoms with Crippen molar-refractivity contribution in [2.75, 3.05) is 0 Å². The number of ether oxygens (including phenoxy) is 1. The van der Waals surface area contributed by atoms with Gasteiger partial charge in [-0.25, -0.2) is 4.98 Å². The number of carbonyl (C=O) groups is 1. The van der Waals surface area contributed by atoms with Crippen molar-refractivity contribution in [2.24, 2.45) is 0 Å². The number of fused-ring (bicyclic) bond motifs is 5. The van der Waals surface area contributed by atoms with Crippen LogP contribution in [-0.4, -0.2) is 15.5 Å². The van der Waals surface area contributed by atoms with Gasteiger partial charge >= 0.3 is 5.97 Å². The quantitative estimate of drug-likeness (QED) is 0.422. The number of rotatable bonds is 1. The van der Waals surface area contributed by atoms with Crippen molar-refractivity contribution in [1.29, 1.82) is 0 Å². The van der Waals surface area contributed by atoms with E-state index in [0.29, 0.717) is 18.5 Å². The van der Waals surface area contributed by atoms with Crippen LogP contribution in [-0.2, 0) is 28.1 Å². The molecule has 3 aromatic rings. The third kappa shape index (κ3) is 2.35. The van der Waals surface area contributed by atoms with Crippen LogP contribution < -0.4 is 5.56 Å². The summed E-state index contributed by atoms with van der Waals surface area (Å²) in [5.41, 5.74) is 10.5. The van der Waals surface area contributed by atoms with E-state index in [4.69, 9.17) is 9.72 Å². The Kier molecular flexibility index (Phi) is 4.05. The van der Waals surface area contributed by atoms with Crippen LogP contribution in [0.5, 0.6) is 0 Å². The van der Waals surface area contributed by atoms with Gasteiger partial charge < -0.3 is 9.30 Å². The first kappa shape index (κ1) is 20.0. The van der Waals surface area contributed by atoms with Crippen molar-refractivity contribution in [2.45, 2.75) is 73.5 Å². The standard InChI is InChI=1S/C26H28N2O3/c1-8-26(7)19-9-20-23-17(10-28(20)24(29)18(19)11-31-25(26)30)16(6)21-14(4)12(2)13(3)15(5)22(21)27-23/h9H,8,10-11H2,1-7H3. The van der Waals surface area contributed by atoms with Crippen molar-refractivity contribution in [3.63, 3.8) is 0 Å². The minimum atomic E-state index is -0.808. The number of hydrogen-bond donors (Lipinski definition) is 0. The van der Waals surface area contributed by atoms with Crippen LogP contribution >= 0.6 is 0 Å². The minimum absolute atomic E-state index is 0.0458. The zero-order chi connectivity index (χ0) is 22.4. The number of cyclic esters (lactones) is 1. The molecular weight excluding hydrogens is 388 g/mol. The molecule has 0 radical (unpaired) electrons. The highest BCUT2D eigenvalue weighted by molar-refractivity contribution is 5.94. The van der Waals surface area contributed by atoms with Crippen molar-refractivity contribution in [3.8, 4) is 11.4 Å². The predicted octanol–water partition coefficient (Wildman–Crippen LogP) is 4.69. The second kappa shape index (κ2) is 6.28. The molecule has 1 aromatic carbocycles. The Morgan fingerprint density at radius 2 is 1.68 bits per heavy atom. The minimum Gasteiger partial charge on any atom is -0.460 e. The second-order valence-electron chi connectivity index (χ2n) is 9.36. The summed E-state index contributed by atoms with van der Waals surface area (Å²) in [5.74, 6) is -0.259. The number of aromatic nitrogens is 2. The molecule has 4 heterocycles. The molecule has 0 amide bonds. The number of nitrogens with zero attached hydrogens (tertiary/aromatic N) is 2. The first-order valence-electron chi connectivity index (χ1n) is 11.0. The molecule has 2 aliphatic rings. The SMILES string of the molecule is CCC1(C)C(=O)OCc2c1cc1n(c2=O)Cc2c-1nc1c(C)c(C)c(C)c(C)c1c2C. The third-order valence-corrected chi connectivity index (χ3v) is 8.05.